The number of nitrogens with one attached hydrogen (secondary N) is 1. The van der Waals surface area contributed by atoms with Crippen LogP contribution in [0.5, 0.6) is 0 Å². The molecule has 0 aromatic carbocycles. The second-order valence-electron chi connectivity index (χ2n) is 5.64. The lowest BCUT2D eigenvalue weighted by Gasteiger charge is -2.31. The number of hydrogen-bond donors (Lipinski definition) is 2. The van der Waals surface area contributed by atoms with Gasteiger partial charge in [-0.1, -0.05) is 12.8 Å². The number of likely N-dealkylation sites (tertiary alicyclic amines) is 1. The lowest BCUT2D eigenvalue weighted by Crippen LogP contribution is -2.49. The molecule has 98 valence electrons. The molecule has 0 radical (unpaired) electrons. The first-order valence-corrected chi connectivity index (χ1v) is 7.03. The average molecular weight is 238 g/mol. The van der Waals surface area contributed by atoms with Crippen LogP contribution in [0.25, 0.3) is 0 Å². The molecule has 1 atom stereocenters. The summed E-state index contributed by atoms with van der Waals surface area (Å²) in [7, 11) is 0. The van der Waals surface area contributed by atoms with Crippen molar-refractivity contribution < 1.29 is 0 Å². The summed E-state index contributed by atoms with van der Waals surface area (Å²) in [5.41, 5.74) is 2.80. The molecule has 4 nitrogen and oxygen atoms in total. The fraction of sp³-hybridized carbons (Fsp3) is 0.923. The maximum Gasteiger partial charge on any atom is 0.208 e. The number of nitrogens with two attached hydrogens (primary N) is 1. The Morgan fingerprint density at radius 2 is 1.94 bits per heavy atom. The Kier molecular flexibility index (Phi) is 4.26. The van der Waals surface area contributed by atoms with E-state index >= 15 is 0 Å². The van der Waals surface area contributed by atoms with Gasteiger partial charge in [0.05, 0.1) is 0 Å². The van der Waals surface area contributed by atoms with Crippen LogP contribution in [0.3, 0.4) is 0 Å². The fourth-order valence-corrected chi connectivity index (χ4v) is 3.33. The zero-order valence-corrected chi connectivity index (χ0v) is 11.2. The van der Waals surface area contributed by atoms with Crippen molar-refractivity contribution in [2.24, 2.45) is 16.8 Å². The van der Waals surface area contributed by atoms with E-state index in [1.165, 1.54) is 38.5 Å². The van der Waals surface area contributed by atoms with E-state index in [0.29, 0.717) is 12.1 Å². The molecule has 1 unspecified atom stereocenters. The lowest BCUT2D eigenvalue weighted by atomic mass is 9.96. The third kappa shape index (κ3) is 2.92. The van der Waals surface area contributed by atoms with Crippen molar-refractivity contribution in [3.63, 3.8) is 0 Å². The third-order valence-electron chi connectivity index (χ3n) is 4.02. The minimum absolute atomic E-state index is 0.297. The maximum atomic E-state index is 5.64. The first-order chi connectivity index (χ1) is 8.22. The lowest BCUT2D eigenvalue weighted by molar-refractivity contribution is 0.273. The van der Waals surface area contributed by atoms with Gasteiger partial charge in [0.1, 0.15) is 0 Å². The van der Waals surface area contributed by atoms with E-state index in [1.54, 1.807) is 0 Å². The minimum Gasteiger partial charge on any atom is -0.339 e. The molecule has 1 aliphatic heterocycles. The molecule has 2 rings (SSSR count). The number of guanidine groups is 1. The summed E-state index contributed by atoms with van der Waals surface area (Å²) in [6.07, 6.45) is 8.17. The van der Waals surface area contributed by atoms with Gasteiger partial charge < -0.3 is 4.90 Å². The average Bonchev–Trinajstić information content (AvgIpc) is 2.94. The van der Waals surface area contributed by atoms with E-state index in [4.69, 9.17) is 5.84 Å². The van der Waals surface area contributed by atoms with Gasteiger partial charge in [0.25, 0.3) is 0 Å². The van der Waals surface area contributed by atoms with Gasteiger partial charge in [-0.3, -0.25) is 5.43 Å². The third-order valence-corrected chi connectivity index (χ3v) is 4.02. The molecule has 1 heterocycles. The highest BCUT2D eigenvalue weighted by atomic mass is 15.4. The Balaban J connectivity index is 2.06. The normalized spacial score (nSPS) is 27.2. The Labute approximate surface area is 105 Å². The Morgan fingerprint density at radius 3 is 2.53 bits per heavy atom. The van der Waals surface area contributed by atoms with E-state index in [0.717, 1.165) is 18.4 Å². The summed E-state index contributed by atoms with van der Waals surface area (Å²) in [6.45, 7) is 5.30. The van der Waals surface area contributed by atoms with Crippen LogP contribution in [0.4, 0.5) is 0 Å². The van der Waals surface area contributed by atoms with Gasteiger partial charge in [-0.05, 0) is 45.4 Å². The minimum atomic E-state index is 0.297. The van der Waals surface area contributed by atoms with Gasteiger partial charge in [0.15, 0.2) is 0 Å². The Morgan fingerprint density at radius 1 is 1.24 bits per heavy atom. The molecular weight excluding hydrogens is 212 g/mol. The number of hydrogen-bond acceptors (Lipinski definition) is 2. The molecule has 1 saturated carbocycles. The molecule has 0 amide bonds. The molecule has 1 saturated heterocycles. The zero-order chi connectivity index (χ0) is 12.3. The van der Waals surface area contributed by atoms with Crippen LogP contribution in [-0.4, -0.2) is 29.5 Å². The standard InChI is InChI=1S/C13H26N4/c1-10(2)15-13(16-14)17-9-5-8-12(17)11-6-3-4-7-11/h10-12H,3-9,14H2,1-2H3,(H,15,16). The largest absolute Gasteiger partial charge is 0.339 e. The van der Waals surface area contributed by atoms with Crippen LogP contribution in [0.15, 0.2) is 4.99 Å². The summed E-state index contributed by atoms with van der Waals surface area (Å²) in [5, 5.41) is 0. The van der Waals surface area contributed by atoms with Crippen molar-refractivity contribution in [3.05, 3.63) is 0 Å². The van der Waals surface area contributed by atoms with E-state index < -0.39 is 0 Å². The number of hydrazine groups is 1. The fourth-order valence-electron chi connectivity index (χ4n) is 3.33. The number of aliphatic imine (C=N–C) groups is 1. The zero-order valence-electron chi connectivity index (χ0n) is 11.2. The van der Waals surface area contributed by atoms with Gasteiger partial charge >= 0.3 is 0 Å². The molecule has 0 bridgehead atoms. The van der Waals surface area contributed by atoms with Gasteiger partial charge in [0, 0.05) is 18.6 Å². The van der Waals surface area contributed by atoms with Crippen LogP contribution < -0.4 is 11.3 Å². The summed E-state index contributed by atoms with van der Waals surface area (Å²) < 4.78 is 0. The van der Waals surface area contributed by atoms with Crippen molar-refractivity contribution in [1.82, 2.24) is 10.3 Å². The first kappa shape index (κ1) is 12.7. The summed E-state index contributed by atoms with van der Waals surface area (Å²) in [5.74, 6) is 7.40. The molecule has 0 spiro atoms. The van der Waals surface area contributed by atoms with Crippen molar-refractivity contribution >= 4 is 5.96 Å². The van der Waals surface area contributed by atoms with Crippen molar-refractivity contribution in [1.29, 1.82) is 0 Å². The highest BCUT2D eigenvalue weighted by Crippen LogP contribution is 2.35. The highest BCUT2D eigenvalue weighted by Gasteiger charge is 2.34. The quantitative estimate of drug-likeness (QED) is 0.334. The predicted octanol–water partition coefficient (Wildman–Crippen LogP) is 1.87. The van der Waals surface area contributed by atoms with Gasteiger partial charge in [-0.15, -0.1) is 0 Å². The predicted molar refractivity (Wildman–Crippen MR) is 71.6 cm³/mol. The smallest absolute Gasteiger partial charge is 0.208 e. The second kappa shape index (κ2) is 5.71. The maximum absolute atomic E-state index is 5.64. The van der Waals surface area contributed by atoms with Crippen LogP contribution in [-0.2, 0) is 0 Å². The molecular formula is C13H26N4. The molecule has 2 fully saturated rings. The molecule has 0 aromatic heterocycles. The number of rotatable bonds is 2. The topological polar surface area (TPSA) is 53.6 Å². The van der Waals surface area contributed by atoms with Crippen molar-refractivity contribution in [2.45, 2.75) is 64.5 Å². The van der Waals surface area contributed by atoms with Crippen LogP contribution in [0, 0.1) is 5.92 Å². The summed E-state index contributed by atoms with van der Waals surface area (Å²) >= 11 is 0. The van der Waals surface area contributed by atoms with E-state index in [1.807, 2.05) is 0 Å². The molecule has 3 N–H and O–H groups in total. The molecule has 2 aliphatic rings. The summed E-state index contributed by atoms with van der Waals surface area (Å²) in [6, 6.07) is 0.969. The van der Waals surface area contributed by atoms with Crippen LogP contribution in [0.2, 0.25) is 0 Å². The van der Waals surface area contributed by atoms with Crippen LogP contribution in [0.1, 0.15) is 52.4 Å². The SMILES string of the molecule is CC(C)N=C(NN)N1CCCC1C1CCCC1. The van der Waals surface area contributed by atoms with Crippen molar-refractivity contribution in [3.8, 4) is 0 Å². The van der Waals surface area contributed by atoms with Crippen LogP contribution >= 0.6 is 0 Å². The van der Waals surface area contributed by atoms with Crippen molar-refractivity contribution in [2.75, 3.05) is 6.54 Å². The van der Waals surface area contributed by atoms with E-state index in [9.17, 15) is 0 Å². The van der Waals surface area contributed by atoms with Gasteiger partial charge in [-0.25, -0.2) is 10.8 Å². The molecule has 17 heavy (non-hydrogen) atoms. The Bertz CT molecular complexity index is 269. The summed E-state index contributed by atoms with van der Waals surface area (Å²) in [4.78, 5) is 7.02. The molecule has 0 aromatic rings. The highest BCUT2D eigenvalue weighted by molar-refractivity contribution is 5.80. The number of nitrogens with zero attached hydrogens (tertiary/aromatic N) is 2. The molecule has 1 aliphatic carbocycles. The van der Waals surface area contributed by atoms with Gasteiger partial charge in [0.2, 0.25) is 5.96 Å². The van der Waals surface area contributed by atoms with E-state index in [-0.39, 0.29) is 0 Å². The first-order valence-electron chi connectivity index (χ1n) is 7.03. The van der Waals surface area contributed by atoms with E-state index in [2.05, 4.69) is 29.2 Å². The van der Waals surface area contributed by atoms with Gasteiger partial charge in [-0.2, -0.15) is 0 Å². The monoisotopic (exact) mass is 238 g/mol. The molecule has 4 heteroatoms. The second-order valence-corrected chi connectivity index (χ2v) is 5.64. The Hall–Kier alpha value is -0.770.